The molecule has 0 radical (unpaired) electrons. The molecular weight excluding hydrogens is 328 g/mol. The van der Waals surface area contributed by atoms with E-state index in [-0.39, 0.29) is 5.91 Å². The molecule has 0 aliphatic carbocycles. The number of hydrogen-bond donors (Lipinski definition) is 1. The van der Waals surface area contributed by atoms with Gasteiger partial charge in [-0.25, -0.2) is 0 Å². The number of hydrogen-bond acceptors (Lipinski definition) is 3. The van der Waals surface area contributed by atoms with Gasteiger partial charge < -0.3 is 5.32 Å². The van der Waals surface area contributed by atoms with Gasteiger partial charge in [-0.1, -0.05) is 44.2 Å². The average Bonchev–Trinajstić information content (AvgIpc) is 2.65. The highest BCUT2D eigenvalue weighted by atomic mass is 32.2. The predicted octanol–water partition coefficient (Wildman–Crippen LogP) is 4.49. The SMILES string of the molecule is CCN(CC)Cc1ccc(CNC(=O)c2cc(SC)ccc2C)cc1. The molecular formula is C21H28N2OS. The molecule has 134 valence electrons. The molecule has 0 heterocycles. The summed E-state index contributed by atoms with van der Waals surface area (Å²) in [6.45, 7) is 9.98. The third-order valence-electron chi connectivity index (χ3n) is 4.47. The lowest BCUT2D eigenvalue weighted by atomic mass is 10.1. The molecule has 1 amide bonds. The smallest absolute Gasteiger partial charge is 0.251 e. The van der Waals surface area contributed by atoms with Gasteiger partial charge in [0.25, 0.3) is 5.91 Å². The number of nitrogens with one attached hydrogen (secondary N) is 1. The van der Waals surface area contributed by atoms with E-state index in [4.69, 9.17) is 0 Å². The fourth-order valence-electron chi connectivity index (χ4n) is 2.72. The third-order valence-corrected chi connectivity index (χ3v) is 5.19. The maximum absolute atomic E-state index is 12.5. The molecule has 0 spiro atoms. The molecule has 0 fully saturated rings. The topological polar surface area (TPSA) is 32.3 Å². The standard InChI is InChI=1S/C21H28N2OS/c1-5-23(6-2)15-18-10-8-17(9-11-18)14-22-21(24)20-13-19(25-4)12-7-16(20)3/h7-13H,5-6,14-15H2,1-4H3,(H,22,24). The Bertz CT molecular complexity index is 694. The Morgan fingerprint density at radius 1 is 1.04 bits per heavy atom. The Labute approximate surface area is 155 Å². The Balaban J connectivity index is 1.96. The van der Waals surface area contributed by atoms with E-state index in [1.54, 1.807) is 11.8 Å². The van der Waals surface area contributed by atoms with Gasteiger partial charge in [0.1, 0.15) is 0 Å². The molecule has 0 atom stereocenters. The van der Waals surface area contributed by atoms with Crippen molar-refractivity contribution in [2.75, 3.05) is 19.3 Å². The van der Waals surface area contributed by atoms with Crippen LogP contribution in [0.15, 0.2) is 47.4 Å². The van der Waals surface area contributed by atoms with Crippen molar-refractivity contribution in [3.05, 3.63) is 64.7 Å². The monoisotopic (exact) mass is 356 g/mol. The summed E-state index contributed by atoms with van der Waals surface area (Å²) in [5.74, 6) is -0.0133. The lowest BCUT2D eigenvalue weighted by Gasteiger charge is -2.18. The maximum Gasteiger partial charge on any atom is 0.251 e. The van der Waals surface area contributed by atoms with E-state index in [1.807, 2.05) is 31.4 Å². The second kappa shape index (κ2) is 9.64. The van der Waals surface area contributed by atoms with Crippen molar-refractivity contribution in [3.8, 4) is 0 Å². The van der Waals surface area contributed by atoms with Crippen LogP contribution >= 0.6 is 11.8 Å². The van der Waals surface area contributed by atoms with Gasteiger partial charge in [-0.15, -0.1) is 11.8 Å². The molecule has 0 bridgehead atoms. The first-order valence-corrected chi connectivity index (χ1v) is 10.0. The molecule has 3 nitrogen and oxygen atoms in total. The van der Waals surface area contributed by atoms with Gasteiger partial charge >= 0.3 is 0 Å². The van der Waals surface area contributed by atoms with Crippen LogP contribution in [0, 0.1) is 6.92 Å². The van der Waals surface area contributed by atoms with Crippen LogP contribution < -0.4 is 5.32 Å². The van der Waals surface area contributed by atoms with Crippen molar-refractivity contribution in [3.63, 3.8) is 0 Å². The quantitative estimate of drug-likeness (QED) is 0.707. The highest BCUT2D eigenvalue weighted by molar-refractivity contribution is 7.98. The van der Waals surface area contributed by atoms with Gasteiger partial charge in [0.15, 0.2) is 0 Å². The highest BCUT2D eigenvalue weighted by Crippen LogP contribution is 2.19. The zero-order valence-electron chi connectivity index (χ0n) is 15.6. The summed E-state index contributed by atoms with van der Waals surface area (Å²) < 4.78 is 0. The molecule has 2 aromatic carbocycles. The second-order valence-electron chi connectivity index (χ2n) is 6.14. The fraction of sp³-hybridized carbons (Fsp3) is 0.381. The summed E-state index contributed by atoms with van der Waals surface area (Å²) in [5, 5.41) is 3.03. The van der Waals surface area contributed by atoms with E-state index in [0.29, 0.717) is 6.54 Å². The highest BCUT2D eigenvalue weighted by Gasteiger charge is 2.10. The molecule has 0 saturated heterocycles. The van der Waals surface area contributed by atoms with Gasteiger partial charge in [0, 0.05) is 23.5 Å². The van der Waals surface area contributed by atoms with Crippen molar-refractivity contribution in [1.82, 2.24) is 10.2 Å². The van der Waals surface area contributed by atoms with Gasteiger partial charge in [-0.05, 0) is 55.1 Å². The van der Waals surface area contributed by atoms with Crippen LogP contribution in [0.3, 0.4) is 0 Å². The predicted molar refractivity (Wildman–Crippen MR) is 107 cm³/mol. The molecule has 0 aliphatic rings. The lowest BCUT2D eigenvalue weighted by Crippen LogP contribution is -2.24. The number of carbonyl (C=O) groups is 1. The van der Waals surface area contributed by atoms with E-state index in [2.05, 4.69) is 48.3 Å². The number of rotatable bonds is 8. The summed E-state index contributed by atoms with van der Waals surface area (Å²) in [4.78, 5) is 16.0. The molecule has 0 unspecified atom stereocenters. The summed E-state index contributed by atoms with van der Waals surface area (Å²) in [7, 11) is 0. The van der Waals surface area contributed by atoms with Gasteiger partial charge in [0.05, 0.1) is 0 Å². The zero-order valence-corrected chi connectivity index (χ0v) is 16.5. The van der Waals surface area contributed by atoms with Crippen molar-refractivity contribution in [2.45, 2.75) is 38.8 Å². The minimum Gasteiger partial charge on any atom is -0.348 e. The van der Waals surface area contributed by atoms with Crippen molar-refractivity contribution >= 4 is 17.7 Å². The Hall–Kier alpha value is -1.78. The van der Waals surface area contributed by atoms with Crippen molar-refractivity contribution in [1.29, 1.82) is 0 Å². The molecule has 0 aliphatic heterocycles. The number of amides is 1. The molecule has 2 rings (SSSR count). The van der Waals surface area contributed by atoms with Crippen LogP contribution in [-0.4, -0.2) is 30.2 Å². The first-order chi connectivity index (χ1) is 12.1. The van der Waals surface area contributed by atoms with Crippen LogP contribution in [0.5, 0.6) is 0 Å². The normalized spacial score (nSPS) is 10.9. The van der Waals surface area contributed by atoms with E-state index >= 15 is 0 Å². The fourth-order valence-corrected chi connectivity index (χ4v) is 3.16. The van der Waals surface area contributed by atoms with Gasteiger partial charge in [-0.2, -0.15) is 0 Å². The van der Waals surface area contributed by atoms with Crippen LogP contribution in [0.1, 0.15) is 40.9 Å². The summed E-state index contributed by atoms with van der Waals surface area (Å²) in [6, 6.07) is 14.5. The molecule has 4 heteroatoms. The van der Waals surface area contributed by atoms with E-state index in [1.165, 1.54) is 5.56 Å². The second-order valence-corrected chi connectivity index (χ2v) is 7.02. The summed E-state index contributed by atoms with van der Waals surface area (Å²) in [6.07, 6.45) is 2.02. The number of nitrogens with zero attached hydrogens (tertiary/aromatic N) is 1. The van der Waals surface area contributed by atoms with Crippen LogP contribution in [0.4, 0.5) is 0 Å². The number of thioether (sulfide) groups is 1. The van der Waals surface area contributed by atoms with Gasteiger partial charge in [-0.3, -0.25) is 9.69 Å². The maximum atomic E-state index is 12.5. The number of aryl methyl sites for hydroxylation is 1. The van der Waals surface area contributed by atoms with Crippen molar-refractivity contribution < 1.29 is 4.79 Å². The molecule has 2 aromatic rings. The molecule has 25 heavy (non-hydrogen) atoms. The largest absolute Gasteiger partial charge is 0.348 e. The summed E-state index contributed by atoms with van der Waals surface area (Å²) in [5.41, 5.74) is 4.19. The Morgan fingerprint density at radius 3 is 2.28 bits per heavy atom. The van der Waals surface area contributed by atoms with Crippen LogP contribution in [-0.2, 0) is 13.1 Å². The molecule has 0 saturated carbocycles. The first kappa shape index (κ1) is 19.5. The van der Waals surface area contributed by atoms with E-state index < -0.39 is 0 Å². The Morgan fingerprint density at radius 2 is 1.68 bits per heavy atom. The van der Waals surface area contributed by atoms with E-state index in [9.17, 15) is 4.79 Å². The minimum absolute atomic E-state index is 0.0133. The number of carbonyl (C=O) groups excluding carboxylic acids is 1. The lowest BCUT2D eigenvalue weighted by molar-refractivity contribution is 0.0950. The van der Waals surface area contributed by atoms with Crippen LogP contribution in [0.25, 0.3) is 0 Å². The average molecular weight is 357 g/mol. The minimum atomic E-state index is -0.0133. The van der Waals surface area contributed by atoms with Crippen LogP contribution in [0.2, 0.25) is 0 Å². The van der Waals surface area contributed by atoms with Crippen molar-refractivity contribution in [2.24, 2.45) is 0 Å². The third kappa shape index (κ3) is 5.62. The van der Waals surface area contributed by atoms with E-state index in [0.717, 1.165) is 41.2 Å². The van der Waals surface area contributed by atoms with Gasteiger partial charge in [0.2, 0.25) is 0 Å². The number of benzene rings is 2. The Kier molecular flexibility index (Phi) is 7.53. The summed E-state index contributed by atoms with van der Waals surface area (Å²) >= 11 is 1.65. The zero-order chi connectivity index (χ0) is 18.2. The molecule has 0 aromatic heterocycles. The molecule has 1 N–H and O–H groups in total. The first-order valence-electron chi connectivity index (χ1n) is 8.80.